The van der Waals surface area contributed by atoms with E-state index in [9.17, 15) is 35.1 Å². The van der Waals surface area contributed by atoms with Crippen molar-refractivity contribution < 1.29 is 38.9 Å². The number of carbonyl (C=O) groups excluding carboxylic acids is 1. The molecule has 242 valence electrons. The van der Waals surface area contributed by atoms with Gasteiger partial charge in [0.25, 0.3) is 17.3 Å². The Morgan fingerprint density at radius 1 is 0.778 bits per heavy atom. The summed E-state index contributed by atoms with van der Waals surface area (Å²) in [6.07, 6.45) is 0. The van der Waals surface area contributed by atoms with Crippen LogP contribution in [-0.2, 0) is 4.79 Å². The molecule has 0 aliphatic heterocycles. The van der Waals surface area contributed by atoms with E-state index >= 15 is 0 Å². The monoisotopic (exact) mass is 629 g/mol. The van der Waals surface area contributed by atoms with Crippen molar-refractivity contribution >= 4 is 28.7 Å². The van der Waals surface area contributed by atoms with Gasteiger partial charge in [-0.05, 0) is 56.4 Å². The fourth-order valence-electron chi connectivity index (χ4n) is 3.95. The molecule has 3 rings (SSSR count). The molecule has 0 spiro atoms. The lowest BCUT2D eigenvalue weighted by Gasteiger charge is -2.27. The van der Waals surface area contributed by atoms with Crippen LogP contribution in [0.3, 0.4) is 0 Å². The number of carbonyl (C=O) groups is 1. The average molecular weight is 630 g/mol. The molecule has 3 aromatic carbocycles. The van der Waals surface area contributed by atoms with Gasteiger partial charge in [-0.25, -0.2) is 0 Å². The Labute approximate surface area is 258 Å². The van der Waals surface area contributed by atoms with E-state index in [2.05, 4.69) is 18.7 Å². The van der Waals surface area contributed by atoms with Crippen molar-refractivity contribution in [1.29, 1.82) is 0 Å². The first-order valence-electron chi connectivity index (χ1n) is 13.8. The summed E-state index contributed by atoms with van der Waals surface area (Å²) in [7, 11) is 1.62. The normalized spacial score (nSPS) is 10.3. The zero-order chi connectivity index (χ0) is 33.5. The van der Waals surface area contributed by atoms with Gasteiger partial charge in [0, 0.05) is 24.8 Å². The van der Waals surface area contributed by atoms with E-state index in [1.165, 1.54) is 0 Å². The lowest BCUT2D eigenvalue weighted by molar-refractivity contribution is -0.404. The fourth-order valence-corrected chi connectivity index (χ4v) is 3.95. The van der Waals surface area contributed by atoms with Gasteiger partial charge in [0.1, 0.15) is 17.2 Å². The van der Waals surface area contributed by atoms with Crippen molar-refractivity contribution in [2.45, 2.75) is 20.8 Å². The molecule has 16 heteroatoms. The number of likely N-dealkylation sites (N-methyl/N-ethyl adjacent to an activating group) is 1. The number of hydrogen-bond acceptors (Lipinski definition) is 12. The lowest BCUT2D eigenvalue weighted by atomic mass is 10.2. The summed E-state index contributed by atoms with van der Waals surface area (Å²) in [5, 5.41) is 40.2. The molecule has 0 heterocycles. The van der Waals surface area contributed by atoms with Crippen LogP contribution in [0.1, 0.15) is 20.8 Å². The van der Waals surface area contributed by atoms with Gasteiger partial charge in [-0.15, -0.1) is 0 Å². The molecular formula is C29H35N5O11. The van der Waals surface area contributed by atoms with Crippen LogP contribution in [0.4, 0.5) is 22.7 Å². The van der Waals surface area contributed by atoms with Gasteiger partial charge >= 0.3 is 11.4 Å². The van der Waals surface area contributed by atoms with Crippen LogP contribution in [0.25, 0.3) is 0 Å². The maximum atomic E-state index is 13.0. The third-order valence-electron chi connectivity index (χ3n) is 6.36. The zero-order valence-electron chi connectivity index (χ0n) is 25.3. The highest BCUT2D eigenvalue weighted by atomic mass is 16.6. The van der Waals surface area contributed by atoms with Crippen LogP contribution >= 0.6 is 0 Å². The molecule has 0 saturated carbocycles. The van der Waals surface area contributed by atoms with E-state index in [1.54, 1.807) is 12.0 Å². The summed E-state index contributed by atoms with van der Waals surface area (Å²) in [5.41, 5.74) is -2.20. The number of nitrogens with zero attached hydrogens (tertiary/aromatic N) is 5. The molecule has 0 aromatic heterocycles. The number of methoxy groups -OCH3 is 1. The highest BCUT2D eigenvalue weighted by Gasteiger charge is 2.30. The predicted octanol–water partition coefficient (Wildman–Crippen LogP) is 4.96. The summed E-state index contributed by atoms with van der Waals surface area (Å²) >= 11 is 0. The first kappa shape index (κ1) is 35.7. The fraction of sp³-hybridized carbons (Fsp3) is 0.345. The Morgan fingerprint density at radius 2 is 1.33 bits per heavy atom. The third kappa shape index (κ3) is 10.6. The number of nitro groups is 3. The van der Waals surface area contributed by atoms with Crippen LogP contribution in [0.15, 0.2) is 60.7 Å². The average Bonchev–Trinajstić information content (AvgIpc) is 3.03. The van der Waals surface area contributed by atoms with Crippen molar-refractivity contribution in [3.8, 4) is 23.0 Å². The number of benzene rings is 3. The van der Waals surface area contributed by atoms with Crippen LogP contribution < -0.4 is 19.1 Å². The van der Waals surface area contributed by atoms with Crippen LogP contribution in [0.2, 0.25) is 0 Å². The highest BCUT2D eigenvalue weighted by molar-refractivity contribution is 5.94. The Morgan fingerprint density at radius 3 is 1.80 bits per heavy atom. The number of nitro benzene ring substituents is 3. The topological polar surface area (TPSA) is 201 Å². The molecule has 0 atom stereocenters. The van der Waals surface area contributed by atoms with Gasteiger partial charge in [0.2, 0.25) is 0 Å². The van der Waals surface area contributed by atoms with Gasteiger partial charge in [0.15, 0.2) is 6.61 Å². The van der Waals surface area contributed by atoms with E-state index in [0.717, 1.165) is 36.8 Å². The molecule has 0 aliphatic rings. The summed E-state index contributed by atoms with van der Waals surface area (Å²) in [6.45, 7) is 10.0. The number of aromatic hydroxyl groups is 1. The summed E-state index contributed by atoms with van der Waals surface area (Å²) in [6, 6.07) is 15.7. The molecule has 0 unspecified atom stereocenters. The van der Waals surface area contributed by atoms with Crippen molar-refractivity contribution in [1.82, 2.24) is 4.90 Å². The molecule has 45 heavy (non-hydrogen) atoms. The number of ether oxygens (including phenoxy) is 3. The van der Waals surface area contributed by atoms with E-state index in [4.69, 9.17) is 19.3 Å². The van der Waals surface area contributed by atoms with Gasteiger partial charge < -0.3 is 29.1 Å². The molecule has 3 aromatic rings. The van der Waals surface area contributed by atoms with E-state index in [1.807, 2.05) is 55.5 Å². The van der Waals surface area contributed by atoms with Gasteiger partial charge in [-0.3, -0.25) is 35.1 Å². The van der Waals surface area contributed by atoms with Gasteiger partial charge in [0.05, 0.1) is 40.6 Å². The standard InChI is InChI=1S/C23H32N2O4.C6H3N3O7/c1-5-24(6-2)15-16-25(19-9-8-10-22(17-19)27-4)23(26)18-29-21-13-11-20(12-14-21)28-7-3;10-6-4(8(13)14)1-3(7(11)12)2-5(6)9(15)16/h8-14,17H,5-7,15-16,18H2,1-4H3;1-2,10H. The number of non-ortho nitro benzene ring substituents is 1. The zero-order valence-corrected chi connectivity index (χ0v) is 25.3. The molecule has 1 amide bonds. The third-order valence-corrected chi connectivity index (χ3v) is 6.36. The molecule has 16 nitrogen and oxygen atoms in total. The number of rotatable bonds is 15. The molecular weight excluding hydrogens is 594 g/mol. The number of amides is 1. The molecule has 0 radical (unpaired) electrons. The number of anilines is 1. The van der Waals surface area contributed by atoms with E-state index in [-0.39, 0.29) is 12.5 Å². The Bertz CT molecular complexity index is 1430. The van der Waals surface area contributed by atoms with Crippen LogP contribution in [0, 0.1) is 30.3 Å². The highest BCUT2D eigenvalue weighted by Crippen LogP contribution is 2.39. The Hall–Kier alpha value is -5.51. The van der Waals surface area contributed by atoms with Gasteiger partial charge in [-0.1, -0.05) is 19.9 Å². The maximum Gasteiger partial charge on any atom is 0.324 e. The minimum absolute atomic E-state index is 0.0383. The van der Waals surface area contributed by atoms with Crippen molar-refractivity contribution in [2.24, 2.45) is 0 Å². The summed E-state index contributed by atoms with van der Waals surface area (Å²) in [5.74, 6) is 0.829. The SMILES string of the molecule is CCOc1ccc(OCC(=O)N(CCN(CC)CC)c2cccc(OC)c2)cc1.O=[N+]([O-])c1cc([N+](=O)[O-])c(O)c([N+](=O)[O-])c1. The minimum Gasteiger partial charge on any atom is -0.497 e. The molecule has 0 saturated heterocycles. The second kappa shape index (κ2) is 17.6. The number of phenolic OH excluding ortho intramolecular Hbond substituents is 1. The largest absolute Gasteiger partial charge is 0.497 e. The van der Waals surface area contributed by atoms with Gasteiger partial charge in [-0.2, -0.15) is 0 Å². The Kier molecular flexibility index (Phi) is 13.9. The molecule has 0 aliphatic carbocycles. The second-order valence-corrected chi connectivity index (χ2v) is 9.07. The first-order chi connectivity index (χ1) is 21.4. The summed E-state index contributed by atoms with van der Waals surface area (Å²) < 4.78 is 16.5. The van der Waals surface area contributed by atoms with Crippen molar-refractivity contribution in [3.63, 3.8) is 0 Å². The molecule has 0 bridgehead atoms. The number of phenols is 1. The van der Waals surface area contributed by atoms with Crippen molar-refractivity contribution in [3.05, 3.63) is 91.0 Å². The van der Waals surface area contributed by atoms with Crippen LogP contribution in [0.5, 0.6) is 23.0 Å². The maximum absolute atomic E-state index is 13.0. The second-order valence-electron chi connectivity index (χ2n) is 9.07. The smallest absolute Gasteiger partial charge is 0.324 e. The van der Waals surface area contributed by atoms with Crippen molar-refractivity contribution in [2.75, 3.05) is 51.4 Å². The quantitative estimate of drug-likeness (QED) is 0.175. The summed E-state index contributed by atoms with van der Waals surface area (Å²) in [4.78, 5) is 44.8. The predicted molar refractivity (Wildman–Crippen MR) is 164 cm³/mol. The van der Waals surface area contributed by atoms with E-state index < -0.39 is 37.6 Å². The van der Waals surface area contributed by atoms with Crippen LogP contribution in [-0.4, -0.2) is 77.2 Å². The molecule has 1 N–H and O–H groups in total. The molecule has 0 fully saturated rings. The Balaban J connectivity index is 0.000000372. The minimum atomic E-state index is -1.21. The van der Waals surface area contributed by atoms with E-state index in [0.29, 0.717) is 31.0 Å². The lowest BCUT2D eigenvalue weighted by Crippen LogP contribution is -2.41. The first-order valence-corrected chi connectivity index (χ1v) is 13.8. The number of hydrogen-bond donors (Lipinski definition) is 1.